The molecule has 0 aromatic carbocycles. The van der Waals surface area contributed by atoms with Gasteiger partial charge in [0.05, 0.1) is 6.20 Å². The van der Waals surface area contributed by atoms with Gasteiger partial charge in [0.2, 0.25) is 0 Å². The molecule has 1 saturated heterocycles. The second kappa shape index (κ2) is 6.68. The van der Waals surface area contributed by atoms with E-state index in [9.17, 15) is 4.79 Å². The van der Waals surface area contributed by atoms with E-state index in [-0.39, 0.29) is 18.1 Å². The van der Waals surface area contributed by atoms with Crippen molar-refractivity contribution in [1.29, 1.82) is 0 Å². The average Bonchev–Trinajstić information content (AvgIpc) is 3.17. The zero-order valence-electron chi connectivity index (χ0n) is 13.4. The summed E-state index contributed by atoms with van der Waals surface area (Å²) in [5.41, 5.74) is 0. The molecule has 2 amide bonds. The normalized spacial score (nSPS) is 17.5. The van der Waals surface area contributed by atoms with Crippen molar-refractivity contribution in [2.45, 2.75) is 32.4 Å². The monoisotopic (exact) mass is 314 g/mol. The number of hydrogen-bond acceptors (Lipinski definition) is 4. The third kappa shape index (κ3) is 3.61. The molecule has 1 atom stereocenters. The van der Waals surface area contributed by atoms with Crippen molar-refractivity contribution in [2.24, 2.45) is 0 Å². The van der Waals surface area contributed by atoms with E-state index >= 15 is 0 Å². The first kappa shape index (κ1) is 15.3. The minimum Gasteiger partial charge on any atom is -0.354 e. The molecular weight excluding hydrogens is 292 g/mol. The summed E-state index contributed by atoms with van der Waals surface area (Å²) in [6.07, 6.45) is 4.39. The standard InChI is InChI=1S/C16H22N6O/c1-12(2)22-15(6-9-18-22)20-16(23)19-13-7-10-21(11-13)14-5-3-4-8-17-14/h3-6,8-9,12-13H,7,10-11H2,1-2H3,(H2,19,20,23)/t13-/m1/s1. The van der Waals surface area contributed by atoms with Crippen molar-refractivity contribution < 1.29 is 4.79 Å². The molecule has 1 aliphatic heterocycles. The number of carbonyl (C=O) groups excluding carboxylic acids is 1. The molecule has 1 aliphatic rings. The van der Waals surface area contributed by atoms with Crippen LogP contribution in [-0.2, 0) is 0 Å². The molecule has 0 saturated carbocycles. The Hall–Kier alpha value is -2.57. The van der Waals surface area contributed by atoms with E-state index < -0.39 is 0 Å². The lowest BCUT2D eigenvalue weighted by Gasteiger charge is -2.18. The molecule has 2 aromatic rings. The van der Waals surface area contributed by atoms with Crippen molar-refractivity contribution in [3.05, 3.63) is 36.7 Å². The largest absolute Gasteiger partial charge is 0.354 e. The second-order valence-corrected chi connectivity index (χ2v) is 5.97. The lowest BCUT2D eigenvalue weighted by Crippen LogP contribution is -2.40. The molecule has 0 aliphatic carbocycles. The molecule has 0 spiro atoms. The zero-order chi connectivity index (χ0) is 16.2. The SMILES string of the molecule is CC(C)n1nccc1NC(=O)N[C@@H]1CCN(c2ccccn2)C1. The summed E-state index contributed by atoms with van der Waals surface area (Å²) < 4.78 is 1.79. The average molecular weight is 314 g/mol. The van der Waals surface area contributed by atoms with Gasteiger partial charge >= 0.3 is 6.03 Å². The van der Waals surface area contributed by atoms with Crippen LogP contribution in [0.15, 0.2) is 36.7 Å². The highest BCUT2D eigenvalue weighted by molar-refractivity contribution is 5.88. The van der Waals surface area contributed by atoms with Crippen LogP contribution in [0.25, 0.3) is 0 Å². The number of anilines is 2. The number of rotatable bonds is 4. The molecule has 0 unspecified atom stereocenters. The van der Waals surface area contributed by atoms with E-state index in [2.05, 4.69) is 25.6 Å². The third-order valence-corrected chi connectivity index (χ3v) is 3.90. The Morgan fingerprint density at radius 1 is 1.30 bits per heavy atom. The van der Waals surface area contributed by atoms with Crippen LogP contribution in [0.5, 0.6) is 0 Å². The lowest BCUT2D eigenvalue weighted by molar-refractivity contribution is 0.249. The van der Waals surface area contributed by atoms with E-state index in [1.165, 1.54) is 0 Å². The number of hydrogen-bond donors (Lipinski definition) is 2. The Morgan fingerprint density at radius 3 is 2.91 bits per heavy atom. The van der Waals surface area contributed by atoms with Gasteiger partial charge in [-0.15, -0.1) is 0 Å². The second-order valence-electron chi connectivity index (χ2n) is 5.97. The summed E-state index contributed by atoms with van der Waals surface area (Å²) in [5.74, 6) is 1.66. The maximum Gasteiger partial charge on any atom is 0.320 e. The first-order valence-electron chi connectivity index (χ1n) is 7.90. The fourth-order valence-corrected chi connectivity index (χ4v) is 2.79. The quantitative estimate of drug-likeness (QED) is 0.908. The van der Waals surface area contributed by atoms with Gasteiger partial charge in [0.1, 0.15) is 11.6 Å². The molecule has 1 fully saturated rings. The van der Waals surface area contributed by atoms with Crippen molar-refractivity contribution in [2.75, 3.05) is 23.3 Å². The summed E-state index contributed by atoms with van der Waals surface area (Å²) in [6.45, 7) is 5.72. The molecule has 3 rings (SSSR count). The van der Waals surface area contributed by atoms with Crippen LogP contribution in [0, 0.1) is 0 Å². The Bertz CT molecular complexity index is 654. The van der Waals surface area contributed by atoms with Crippen LogP contribution in [0.1, 0.15) is 26.3 Å². The molecule has 23 heavy (non-hydrogen) atoms. The van der Waals surface area contributed by atoms with Crippen LogP contribution < -0.4 is 15.5 Å². The van der Waals surface area contributed by atoms with Gasteiger partial charge < -0.3 is 10.2 Å². The lowest BCUT2D eigenvalue weighted by atomic mass is 10.3. The minimum atomic E-state index is -0.194. The highest BCUT2D eigenvalue weighted by Gasteiger charge is 2.25. The van der Waals surface area contributed by atoms with Crippen LogP contribution in [-0.4, -0.2) is 39.9 Å². The smallest absolute Gasteiger partial charge is 0.320 e. The van der Waals surface area contributed by atoms with Crippen LogP contribution in [0.2, 0.25) is 0 Å². The molecule has 0 bridgehead atoms. The van der Waals surface area contributed by atoms with E-state index in [1.807, 2.05) is 32.0 Å². The molecule has 7 heteroatoms. The summed E-state index contributed by atoms with van der Waals surface area (Å²) in [6, 6.07) is 7.79. The van der Waals surface area contributed by atoms with Crippen molar-refractivity contribution in [3.8, 4) is 0 Å². The van der Waals surface area contributed by atoms with Crippen molar-refractivity contribution in [1.82, 2.24) is 20.1 Å². The predicted molar refractivity (Wildman–Crippen MR) is 89.6 cm³/mol. The van der Waals surface area contributed by atoms with E-state index in [1.54, 1.807) is 23.1 Å². The molecule has 2 aromatic heterocycles. The molecule has 7 nitrogen and oxygen atoms in total. The highest BCUT2D eigenvalue weighted by atomic mass is 16.2. The molecule has 3 heterocycles. The number of pyridine rings is 1. The molecule has 2 N–H and O–H groups in total. The van der Waals surface area contributed by atoms with Gasteiger partial charge in [-0.25, -0.2) is 14.5 Å². The van der Waals surface area contributed by atoms with Crippen molar-refractivity contribution >= 4 is 17.7 Å². The Morgan fingerprint density at radius 2 is 2.17 bits per heavy atom. The van der Waals surface area contributed by atoms with Gasteiger partial charge in [0.25, 0.3) is 0 Å². The number of nitrogens with zero attached hydrogens (tertiary/aromatic N) is 4. The minimum absolute atomic E-state index is 0.118. The van der Waals surface area contributed by atoms with Crippen molar-refractivity contribution in [3.63, 3.8) is 0 Å². The first-order chi connectivity index (χ1) is 11.1. The summed E-state index contributed by atoms with van der Waals surface area (Å²) in [4.78, 5) is 18.7. The number of urea groups is 1. The van der Waals surface area contributed by atoms with Crippen LogP contribution in [0.3, 0.4) is 0 Å². The fourth-order valence-electron chi connectivity index (χ4n) is 2.79. The van der Waals surface area contributed by atoms with Crippen LogP contribution in [0.4, 0.5) is 16.4 Å². The molecule has 122 valence electrons. The maximum absolute atomic E-state index is 12.2. The molecular formula is C16H22N6O. The van der Waals surface area contributed by atoms with Gasteiger partial charge in [0.15, 0.2) is 0 Å². The molecule has 0 radical (unpaired) electrons. The summed E-state index contributed by atoms with van der Waals surface area (Å²) >= 11 is 0. The summed E-state index contributed by atoms with van der Waals surface area (Å²) in [7, 11) is 0. The van der Waals surface area contributed by atoms with Gasteiger partial charge in [-0.3, -0.25) is 5.32 Å². The zero-order valence-corrected chi connectivity index (χ0v) is 13.4. The number of aromatic nitrogens is 3. The topological polar surface area (TPSA) is 75.1 Å². The van der Waals surface area contributed by atoms with Gasteiger partial charge in [-0.1, -0.05) is 6.07 Å². The summed E-state index contributed by atoms with van der Waals surface area (Å²) in [5, 5.41) is 10.1. The van der Waals surface area contributed by atoms with E-state index in [0.717, 1.165) is 25.3 Å². The van der Waals surface area contributed by atoms with E-state index in [4.69, 9.17) is 0 Å². The highest BCUT2D eigenvalue weighted by Crippen LogP contribution is 2.18. The number of nitrogens with one attached hydrogen (secondary N) is 2. The Labute approximate surface area is 135 Å². The predicted octanol–water partition coefficient (Wildman–Crippen LogP) is 2.26. The Kier molecular flexibility index (Phi) is 4.45. The fraction of sp³-hybridized carbons (Fsp3) is 0.438. The van der Waals surface area contributed by atoms with Crippen LogP contribution >= 0.6 is 0 Å². The third-order valence-electron chi connectivity index (χ3n) is 3.90. The first-order valence-corrected chi connectivity index (χ1v) is 7.90. The van der Waals surface area contributed by atoms with E-state index in [0.29, 0.717) is 5.82 Å². The Balaban J connectivity index is 1.54. The van der Waals surface area contributed by atoms with Gasteiger partial charge in [0, 0.05) is 37.4 Å². The number of carbonyl (C=O) groups is 1. The maximum atomic E-state index is 12.2. The van der Waals surface area contributed by atoms with Gasteiger partial charge in [-0.2, -0.15) is 5.10 Å². The number of amides is 2. The van der Waals surface area contributed by atoms with Gasteiger partial charge in [-0.05, 0) is 32.4 Å².